The summed E-state index contributed by atoms with van der Waals surface area (Å²) in [5.74, 6) is -1.22. The Kier molecular flexibility index (Phi) is 6.51. The lowest BCUT2D eigenvalue weighted by atomic mass is 10.1. The number of amides is 1. The molecule has 0 aromatic rings. The number of nitrogens with two attached hydrogens (primary N) is 2. The van der Waals surface area contributed by atoms with E-state index in [1.165, 1.54) is 0 Å². The van der Waals surface area contributed by atoms with Crippen molar-refractivity contribution in [1.82, 2.24) is 0 Å². The number of hydrogen-bond acceptors (Lipinski definition) is 4. The number of carbonyl (C=O) groups is 2. The van der Waals surface area contributed by atoms with Gasteiger partial charge in [-0.25, -0.2) is 0 Å². The van der Waals surface area contributed by atoms with Gasteiger partial charge >= 0.3 is 5.97 Å². The van der Waals surface area contributed by atoms with Gasteiger partial charge in [-0.05, 0) is 20.8 Å². The van der Waals surface area contributed by atoms with Gasteiger partial charge in [-0.2, -0.15) is 0 Å². The Labute approximate surface area is 89.6 Å². The van der Waals surface area contributed by atoms with Crippen LogP contribution in [0.2, 0.25) is 0 Å². The third-order valence-electron chi connectivity index (χ3n) is 1.17. The lowest BCUT2D eigenvalue weighted by Crippen LogP contribution is -2.39. The van der Waals surface area contributed by atoms with Crippen molar-refractivity contribution in [1.29, 1.82) is 0 Å². The van der Waals surface area contributed by atoms with E-state index in [-0.39, 0.29) is 18.8 Å². The maximum Gasteiger partial charge on any atom is 0.308 e. The fourth-order valence-corrected chi connectivity index (χ4v) is 0.663. The van der Waals surface area contributed by atoms with Crippen molar-refractivity contribution in [2.45, 2.75) is 38.8 Å². The van der Waals surface area contributed by atoms with Gasteiger partial charge in [-0.3, -0.25) is 9.59 Å². The van der Waals surface area contributed by atoms with Crippen molar-refractivity contribution in [3.8, 4) is 0 Å². The number of rotatable bonds is 3. The third kappa shape index (κ3) is 7.82. The van der Waals surface area contributed by atoms with Gasteiger partial charge in [0.25, 0.3) is 0 Å². The van der Waals surface area contributed by atoms with Crippen LogP contribution in [0.4, 0.5) is 0 Å². The highest BCUT2D eigenvalue weighted by Crippen LogP contribution is 2.08. The van der Waals surface area contributed by atoms with Crippen LogP contribution in [0.3, 0.4) is 0 Å². The monoisotopic (exact) mass is 224 g/mol. The van der Waals surface area contributed by atoms with Gasteiger partial charge in [0, 0.05) is 0 Å². The first-order valence-electron chi connectivity index (χ1n) is 3.99. The molecule has 0 fully saturated rings. The van der Waals surface area contributed by atoms with Gasteiger partial charge in [-0.15, -0.1) is 12.4 Å². The number of carbonyl (C=O) groups excluding carboxylic acids is 2. The third-order valence-corrected chi connectivity index (χ3v) is 1.17. The molecule has 6 heteroatoms. The summed E-state index contributed by atoms with van der Waals surface area (Å²) >= 11 is 0. The summed E-state index contributed by atoms with van der Waals surface area (Å²) in [6.45, 7) is 5.21. The normalized spacial score (nSPS) is 12.6. The lowest BCUT2D eigenvalue weighted by Gasteiger charge is -2.20. The fraction of sp³-hybridized carbons (Fsp3) is 0.750. The maximum absolute atomic E-state index is 11.1. The van der Waals surface area contributed by atoms with E-state index in [1.807, 2.05) is 0 Å². The van der Waals surface area contributed by atoms with Crippen molar-refractivity contribution < 1.29 is 14.3 Å². The van der Waals surface area contributed by atoms with Crippen LogP contribution in [-0.4, -0.2) is 23.5 Å². The topological polar surface area (TPSA) is 95.4 Å². The van der Waals surface area contributed by atoms with E-state index in [2.05, 4.69) is 0 Å². The summed E-state index contributed by atoms with van der Waals surface area (Å²) in [6.07, 6.45) is -0.174. The molecule has 0 bridgehead atoms. The predicted molar refractivity (Wildman–Crippen MR) is 54.9 cm³/mol. The molecule has 0 spiro atoms. The standard InChI is InChI=1S/C8H16N2O3.ClH/c1-8(2,3)13-6(11)4-5(9)7(10)12;/h5H,4,9H2,1-3H3,(H2,10,12);1H/t5-;/m1./s1. The van der Waals surface area contributed by atoms with Crippen LogP contribution < -0.4 is 11.5 Å². The highest BCUT2D eigenvalue weighted by molar-refractivity contribution is 5.85. The zero-order valence-corrected chi connectivity index (χ0v) is 9.39. The van der Waals surface area contributed by atoms with Gasteiger partial charge in [0.15, 0.2) is 0 Å². The molecule has 1 amide bonds. The first-order chi connectivity index (χ1) is 5.72. The summed E-state index contributed by atoms with van der Waals surface area (Å²) in [6, 6.07) is -0.963. The molecule has 0 radical (unpaired) electrons. The zero-order chi connectivity index (χ0) is 10.6. The van der Waals surface area contributed by atoms with Crippen molar-refractivity contribution in [2.24, 2.45) is 11.5 Å². The molecule has 0 aliphatic heterocycles. The molecule has 0 aliphatic rings. The van der Waals surface area contributed by atoms with Crippen LogP contribution >= 0.6 is 12.4 Å². The SMILES string of the molecule is CC(C)(C)OC(=O)C[C@@H](N)C(N)=O.Cl. The fourth-order valence-electron chi connectivity index (χ4n) is 0.663. The number of halogens is 1. The molecule has 14 heavy (non-hydrogen) atoms. The molecule has 0 aromatic carbocycles. The highest BCUT2D eigenvalue weighted by Gasteiger charge is 2.20. The minimum atomic E-state index is -0.963. The second-order valence-corrected chi connectivity index (χ2v) is 3.80. The summed E-state index contributed by atoms with van der Waals surface area (Å²) in [5.41, 5.74) is 9.58. The quantitative estimate of drug-likeness (QED) is 0.658. The summed E-state index contributed by atoms with van der Waals surface area (Å²) in [4.78, 5) is 21.6. The molecule has 84 valence electrons. The molecule has 4 N–H and O–H groups in total. The maximum atomic E-state index is 11.1. The van der Waals surface area contributed by atoms with E-state index < -0.39 is 23.5 Å². The van der Waals surface area contributed by atoms with E-state index in [9.17, 15) is 9.59 Å². The van der Waals surface area contributed by atoms with E-state index in [1.54, 1.807) is 20.8 Å². The molecule has 0 heterocycles. The Hall–Kier alpha value is -0.810. The Morgan fingerprint density at radius 1 is 1.36 bits per heavy atom. The molecule has 0 rings (SSSR count). The van der Waals surface area contributed by atoms with Gasteiger partial charge in [0.05, 0.1) is 12.5 Å². The number of hydrogen-bond donors (Lipinski definition) is 2. The first kappa shape index (κ1) is 15.7. The summed E-state index contributed by atoms with van der Waals surface area (Å²) < 4.78 is 4.93. The van der Waals surface area contributed by atoms with Gasteiger partial charge in [0.2, 0.25) is 5.91 Å². The van der Waals surface area contributed by atoms with Gasteiger partial charge in [0.1, 0.15) is 5.60 Å². The Morgan fingerprint density at radius 3 is 2.07 bits per heavy atom. The van der Waals surface area contributed by atoms with Crippen molar-refractivity contribution >= 4 is 24.3 Å². The highest BCUT2D eigenvalue weighted by atomic mass is 35.5. The van der Waals surface area contributed by atoms with Gasteiger partial charge in [-0.1, -0.05) is 0 Å². The van der Waals surface area contributed by atoms with Crippen LogP contribution in [0.15, 0.2) is 0 Å². The molecular formula is C8H17ClN2O3. The molecule has 1 atom stereocenters. The predicted octanol–water partition coefficient (Wildman–Crippen LogP) is -0.0474. The molecule has 0 unspecified atom stereocenters. The van der Waals surface area contributed by atoms with E-state index in [0.717, 1.165) is 0 Å². The number of primary amides is 1. The average Bonchev–Trinajstić information content (AvgIpc) is 1.81. The van der Waals surface area contributed by atoms with Crippen LogP contribution in [0.25, 0.3) is 0 Å². The average molecular weight is 225 g/mol. The molecule has 5 nitrogen and oxygen atoms in total. The Morgan fingerprint density at radius 2 is 1.79 bits per heavy atom. The number of esters is 1. The second kappa shape index (κ2) is 5.82. The minimum absolute atomic E-state index is 0. The molecule has 0 aromatic heterocycles. The van der Waals surface area contributed by atoms with Gasteiger partial charge < -0.3 is 16.2 Å². The molecule has 0 saturated heterocycles. The molecular weight excluding hydrogens is 208 g/mol. The molecule has 0 saturated carbocycles. The minimum Gasteiger partial charge on any atom is -0.460 e. The van der Waals surface area contributed by atoms with E-state index in [4.69, 9.17) is 16.2 Å². The first-order valence-corrected chi connectivity index (χ1v) is 3.99. The Bertz CT molecular complexity index is 213. The summed E-state index contributed by atoms with van der Waals surface area (Å²) in [5, 5.41) is 0. The summed E-state index contributed by atoms with van der Waals surface area (Å²) in [7, 11) is 0. The van der Waals surface area contributed by atoms with Crippen LogP contribution in [0, 0.1) is 0 Å². The smallest absolute Gasteiger partial charge is 0.308 e. The van der Waals surface area contributed by atoms with Crippen molar-refractivity contribution in [3.05, 3.63) is 0 Å². The van der Waals surface area contributed by atoms with E-state index >= 15 is 0 Å². The van der Waals surface area contributed by atoms with Crippen molar-refractivity contribution in [3.63, 3.8) is 0 Å². The Balaban J connectivity index is 0. The van der Waals surface area contributed by atoms with Crippen LogP contribution in [0.1, 0.15) is 27.2 Å². The second-order valence-electron chi connectivity index (χ2n) is 3.80. The lowest BCUT2D eigenvalue weighted by molar-refractivity contribution is -0.156. The molecule has 0 aliphatic carbocycles. The zero-order valence-electron chi connectivity index (χ0n) is 8.57. The van der Waals surface area contributed by atoms with Crippen molar-refractivity contribution in [2.75, 3.05) is 0 Å². The van der Waals surface area contributed by atoms with Crippen LogP contribution in [-0.2, 0) is 14.3 Å². The largest absolute Gasteiger partial charge is 0.460 e. The number of ether oxygens (including phenoxy) is 1. The van der Waals surface area contributed by atoms with E-state index in [0.29, 0.717) is 0 Å². The van der Waals surface area contributed by atoms with Crippen LogP contribution in [0.5, 0.6) is 0 Å².